The number of aromatic nitrogens is 1. The quantitative estimate of drug-likeness (QED) is 0.539. The number of likely N-dealkylation sites (tertiary alicyclic amines) is 1. The molecule has 1 aromatic rings. The van der Waals surface area contributed by atoms with Crippen molar-refractivity contribution in [3.05, 3.63) is 42.2 Å². The Morgan fingerprint density at radius 1 is 1.34 bits per heavy atom. The van der Waals surface area contributed by atoms with Gasteiger partial charge in [0.1, 0.15) is 6.10 Å². The third-order valence-corrected chi connectivity index (χ3v) is 8.43. The largest absolute Gasteiger partial charge is 0.462 e. The van der Waals surface area contributed by atoms with E-state index < -0.39 is 0 Å². The molecule has 156 valence electrons. The van der Waals surface area contributed by atoms with Gasteiger partial charge in [-0.3, -0.25) is 14.7 Å². The van der Waals surface area contributed by atoms with E-state index in [4.69, 9.17) is 4.74 Å². The number of piperidine rings is 1. The molecule has 4 aliphatic rings. The van der Waals surface area contributed by atoms with Crippen LogP contribution in [-0.2, 0) is 9.53 Å². The number of fused-ring (bicyclic) bond motifs is 2. The Morgan fingerprint density at radius 2 is 2.24 bits per heavy atom. The zero-order chi connectivity index (χ0) is 20.0. The van der Waals surface area contributed by atoms with Crippen LogP contribution in [0.5, 0.6) is 0 Å². The summed E-state index contributed by atoms with van der Waals surface area (Å²) in [6.07, 6.45) is 13.3. The Bertz CT molecular complexity index is 778. The van der Waals surface area contributed by atoms with Gasteiger partial charge in [0.2, 0.25) is 0 Å². The molecule has 4 heteroatoms. The SMILES string of the molecule is C=C1CCC[C@]2(C)C[C@H]3OC(=O)[C@@H](CN4CCCC[C@@H]4c4cccnc4)[C@@H]3C[C@@H]12. The first kappa shape index (κ1) is 19.3. The minimum atomic E-state index is 0.0107. The molecule has 6 atom stereocenters. The maximum Gasteiger partial charge on any atom is 0.310 e. The number of esters is 1. The first-order valence-corrected chi connectivity index (χ1v) is 11.6. The molecule has 0 bridgehead atoms. The van der Waals surface area contributed by atoms with Gasteiger partial charge in [0.05, 0.1) is 5.92 Å². The van der Waals surface area contributed by atoms with Crippen molar-refractivity contribution in [2.24, 2.45) is 23.2 Å². The van der Waals surface area contributed by atoms with Gasteiger partial charge >= 0.3 is 5.97 Å². The van der Waals surface area contributed by atoms with Gasteiger partial charge < -0.3 is 4.74 Å². The second kappa shape index (κ2) is 7.54. The monoisotopic (exact) mass is 394 g/mol. The van der Waals surface area contributed by atoms with E-state index in [0.29, 0.717) is 17.9 Å². The van der Waals surface area contributed by atoms with Crippen molar-refractivity contribution in [3.63, 3.8) is 0 Å². The zero-order valence-corrected chi connectivity index (χ0v) is 17.7. The molecular formula is C25H34N2O2. The lowest BCUT2D eigenvalue weighted by molar-refractivity contribution is -0.146. The summed E-state index contributed by atoms with van der Waals surface area (Å²) < 4.78 is 6.00. The minimum Gasteiger partial charge on any atom is -0.462 e. The van der Waals surface area contributed by atoms with Crippen LogP contribution in [0.15, 0.2) is 36.7 Å². The van der Waals surface area contributed by atoms with E-state index in [9.17, 15) is 4.79 Å². The van der Waals surface area contributed by atoms with Crippen LogP contribution in [0.25, 0.3) is 0 Å². The van der Waals surface area contributed by atoms with Gasteiger partial charge in [-0.25, -0.2) is 0 Å². The molecule has 0 unspecified atom stereocenters. The maximum absolute atomic E-state index is 13.0. The molecule has 2 aliphatic carbocycles. The number of hydrogen-bond donors (Lipinski definition) is 0. The highest BCUT2D eigenvalue weighted by molar-refractivity contribution is 5.75. The lowest BCUT2D eigenvalue weighted by atomic mass is 9.55. The number of hydrogen-bond acceptors (Lipinski definition) is 4. The molecule has 4 fully saturated rings. The Labute approximate surface area is 174 Å². The van der Waals surface area contributed by atoms with Crippen molar-refractivity contribution >= 4 is 5.97 Å². The summed E-state index contributed by atoms with van der Waals surface area (Å²) in [6.45, 7) is 8.72. The van der Waals surface area contributed by atoms with Crippen LogP contribution < -0.4 is 0 Å². The first-order valence-electron chi connectivity index (χ1n) is 11.6. The van der Waals surface area contributed by atoms with Gasteiger partial charge in [-0.05, 0) is 74.5 Å². The lowest BCUT2D eigenvalue weighted by Gasteiger charge is -2.50. The fourth-order valence-electron chi connectivity index (χ4n) is 6.88. The molecule has 0 N–H and O–H groups in total. The summed E-state index contributed by atoms with van der Waals surface area (Å²) in [5.74, 6) is 0.969. The van der Waals surface area contributed by atoms with Crippen molar-refractivity contribution in [2.45, 2.75) is 70.4 Å². The van der Waals surface area contributed by atoms with Crippen LogP contribution in [-0.4, -0.2) is 35.0 Å². The fraction of sp³-hybridized carbons (Fsp3) is 0.680. The van der Waals surface area contributed by atoms with Crippen LogP contribution in [0.2, 0.25) is 0 Å². The lowest BCUT2D eigenvalue weighted by Crippen LogP contribution is -2.46. The van der Waals surface area contributed by atoms with Gasteiger partial charge in [-0.1, -0.05) is 31.6 Å². The normalized spacial score (nSPS) is 40.2. The second-order valence-corrected chi connectivity index (χ2v) is 10.2. The Morgan fingerprint density at radius 3 is 3.07 bits per heavy atom. The summed E-state index contributed by atoms with van der Waals surface area (Å²) in [4.78, 5) is 19.8. The fourth-order valence-corrected chi connectivity index (χ4v) is 6.88. The van der Waals surface area contributed by atoms with E-state index >= 15 is 0 Å². The van der Waals surface area contributed by atoms with Crippen LogP contribution >= 0.6 is 0 Å². The summed E-state index contributed by atoms with van der Waals surface area (Å²) in [5, 5.41) is 0. The average Bonchev–Trinajstić information content (AvgIpc) is 3.01. The Kier molecular flexibility index (Phi) is 5.01. The maximum atomic E-state index is 13.0. The van der Waals surface area contributed by atoms with Gasteiger partial charge in [0.25, 0.3) is 0 Å². The van der Waals surface area contributed by atoms with Gasteiger partial charge in [-0.2, -0.15) is 0 Å². The Hall–Kier alpha value is -1.68. The summed E-state index contributed by atoms with van der Waals surface area (Å²) in [7, 11) is 0. The van der Waals surface area contributed by atoms with Gasteiger partial charge in [0.15, 0.2) is 0 Å². The predicted octanol–water partition coefficient (Wildman–Crippen LogP) is 4.92. The number of allylic oxidation sites excluding steroid dienone is 1. The molecule has 0 amide bonds. The molecule has 5 rings (SSSR count). The predicted molar refractivity (Wildman–Crippen MR) is 113 cm³/mol. The number of rotatable bonds is 3. The molecule has 29 heavy (non-hydrogen) atoms. The van der Waals surface area contributed by atoms with Crippen molar-refractivity contribution in [3.8, 4) is 0 Å². The van der Waals surface area contributed by atoms with Crippen molar-refractivity contribution < 1.29 is 9.53 Å². The van der Waals surface area contributed by atoms with Crippen LogP contribution in [0, 0.1) is 23.2 Å². The average molecular weight is 395 g/mol. The minimum absolute atomic E-state index is 0.0107. The van der Waals surface area contributed by atoms with Crippen LogP contribution in [0.3, 0.4) is 0 Å². The third-order valence-electron chi connectivity index (χ3n) is 8.43. The molecule has 2 saturated carbocycles. The molecular weight excluding hydrogens is 360 g/mol. The second-order valence-electron chi connectivity index (χ2n) is 10.2. The molecule has 0 radical (unpaired) electrons. The molecule has 3 heterocycles. The first-order chi connectivity index (χ1) is 14.0. The number of pyridine rings is 1. The van der Waals surface area contributed by atoms with Gasteiger partial charge in [-0.15, -0.1) is 0 Å². The molecule has 1 aromatic heterocycles. The van der Waals surface area contributed by atoms with E-state index in [-0.39, 0.29) is 23.4 Å². The molecule has 0 aromatic carbocycles. The number of carbonyl (C=O) groups excluding carboxylic acids is 1. The van der Waals surface area contributed by atoms with E-state index in [1.807, 2.05) is 18.5 Å². The number of ether oxygens (including phenoxy) is 1. The van der Waals surface area contributed by atoms with Crippen LogP contribution in [0.1, 0.15) is 69.9 Å². The molecule has 4 nitrogen and oxygen atoms in total. The number of carbonyl (C=O) groups is 1. The highest BCUT2D eigenvalue weighted by Gasteiger charge is 2.55. The number of nitrogens with zero attached hydrogens (tertiary/aromatic N) is 2. The zero-order valence-electron chi connectivity index (χ0n) is 17.7. The summed E-state index contributed by atoms with van der Waals surface area (Å²) in [6, 6.07) is 4.59. The smallest absolute Gasteiger partial charge is 0.310 e. The summed E-state index contributed by atoms with van der Waals surface area (Å²) >= 11 is 0. The summed E-state index contributed by atoms with van der Waals surface area (Å²) in [5.41, 5.74) is 2.98. The van der Waals surface area contributed by atoms with E-state index in [2.05, 4.69) is 29.5 Å². The highest BCUT2D eigenvalue weighted by Crippen LogP contribution is 2.57. The van der Waals surface area contributed by atoms with Crippen molar-refractivity contribution in [1.29, 1.82) is 0 Å². The Balaban J connectivity index is 1.35. The topological polar surface area (TPSA) is 42.4 Å². The highest BCUT2D eigenvalue weighted by atomic mass is 16.6. The van der Waals surface area contributed by atoms with Crippen LogP contribution in [0.4, 0.5) is 0 Å². The van der Waals surface area contributed by atoms with Crippen molar-refractivity contribution in [1.82, 2.24) is 9.88 Å². The van der Waals surface area contributed by atoms with Gasteiger partial charge in [0, 0.05) is 30.9 Å². The molecule has 2 aliphatic heterocycles. The molecule has 2 saturated heterocycles. The third kappa shape index (κ3) is 3.43. The standard InChI is InChI=1S/C25H34N2O2/c1-17-7-5-10-25(2)14-23-19(13-21(17)25)20(24(28)29-23)16-27-12-4-3-9-22(27)18-8-6-11-26-15-18/h6,8,11,15,19-23H,1,3-5,7,9-10,12-14,16H2,2H3/t19-,20-,21-,22+,23+,25+/m0/s1. The van der Waals surface area contributed by atoms with Crippen molar-refractivity contribution in [2.75, 3.05) is 13.1 Å². The van der Waals surface area contributed by atoms with E-state index in [1.54, 1.807) is 0 Å². The van der Waals surface area contributed by atoms with E-state index in [0.717, 1.165) is 38.8 Å². The molecule has 0 spiro atoms. The van der Waals surface area contributed by atoms with E-state index in [1.165, 1.54) is 36.8 Å².